The van der Waals surface area contributed by atoms with E-state index in [1.54, 1.807) is 0 Å². The maximum atomic E-state index is 12.6. The van der Waals surface area contributed by atoms with Crippen molar-refractivity contribution < 1.29 is 4.79 Å². The van der Waals surface area contributed by atoms with E-state index in [2.05, 4.69) is 18.5 Å². The van der Waals surface area contributed by atoms with Crippen LogP contribution in [0.4, 0.5) is 0 Å². The van der Waals surface area contributed by atoms with Crippen molar-refractivity contribution in [1.29, 1.82) is 0 Å². The van der Waals surface area contributed by atoms with Gasteiger partial charge in [-0.1, -0.05) is 49.4 Å². The molecule has 2 rings (SSSR count). The van der Waals surface area contributed by atoms with Crippen LogP contribution in [-0.4, -0.2) is 26.2 Å². The second kappa shape index (κ2) is 10.2. The second-order valence-corrected chi connectivity index (χ2v) is 6.55. The number of carbonyl (C=O) groups is 1. The molecule has 1 N–H and O–H groups in total. The number of aromatic nitrogens is 3. The summed E-state index contributed by atoms with van der Waals surface area (Å²) < 4.78 is 2.49. The molecule has 0 fully saturated rings. The van der Waals surface area contributed by atoms with Crippen molar-refractivity contribution >= 4 is 5.91 Å². The predicted molar refractivity (Wildman–Crippen MR) is 112 cm³/mol. The molecule has 154 valence electrons. The number of hydrogen-bond donors (Lipinski definition) is 1. The van der Waals surface area contributed by atoms with E-state index in [4.69, 9.17) is 0 Å². The number of nitrogens with zero attached hydrogens (tertiary/aromatic N) is 3. The highest BCUT2D eigenvalue weighted by Gasteiger charge is 2.17. The lowest BCUT2D eigenvalue weighted by Gasteiger charge is -2.17. The first kappa shape index (κ1) is 21.9. The van der Waals surface area contributed by atoms with Crippen LogP contribution in [-0.2, 0) is 24.4 Å². The fourth-order valence-electron chi connectivity index (χ4n) is 3.05. The molecular weight excluding hydrogens is 372 g/mol. The molecule has 0 saturated heterocycles. The van der Waals surface area contributed by atoms with Crippen LogP contribution in [0, 0.1) is 0 Å². The molecule has 0 saturated carbocycles. The third-order valence-electron chi connectivity index (χ3n) is 4.62. The molecule has 8 nitrogen and oxygen atoms in total. The Kier molecular flexibility index (Phi) is 7.70. The maximum absolute atomic E-state index is 12.6. The normalized spacial score (nSPS) is 11.6. The number of rotatable bonds is 10. The van der Waals surface area contributed by atoms with Gasteiger partial charge < -0.3 is 5.32 Å². The van der Waals surface area contributed by atoms with Crippen LogP contribution in [0.15, 0.2) is 70.0 Å². The summed E-state index contributed by atoms with van der Waals surface area (Å²) in [4.78, 5) is 49.9. The molecule has 0 aliphatic rings. The molecule has 1 amide bonds. The van der Waals surface area contributed by atoms with Crippen LogP contribution in [0.5, 0.6) is 0 Å². The van der Waals surface area contributed by atoms with Gasteiger partial charge in [-0.2, -0.15) is 0 Å². The van der Waals surface area contributed by atoms with E-state index in [9.17, 15) is 19.2 Å². The molecule has 0 bridgehead atoms. The Morgan fingerprint density at radius 3 is 1.97 bits per heavy atom. The summed E-state index contributed by atoms with van der Waals surface area (Å²) in [6.07, 6.45) is 3.57. The number of amides is 1. The third kappa shape index (κ3) is 5.10. The minimum absolute atomic E-state index is 0.0668. The van der Waals surface area contributed by atoms with Crippen LogP contribution in [0.2, 0.25) is 0 Å². The first-order valence-corrected chi connectivity index (χ1v) is 9.42. The van der Waals surface area contributed by atoms with Crippen LogP contribution in [0.1, 0.15) is 24.8 Å². The lowest BCUT2D eigenvalue weighted by Crippen LogP contribution is -2.55. The Hall–Kier alpha value is -3.42. The largest absolute Gasteiger partial charge is 0.354 e. The fraction of sp³-hybridized carbons (Fsp3) is 0.333. The number of allylic oxidation sites excluding steroid dienone is 2. The van der Waals surface area contributed by atoms with Gasteiger partial charge in [0.15, 0.2) is 0 Å². The van der Waals surface area contributed by atoms with Gasteiger partial charge in [0.2, 0.25) is 5.91 Å². The van der Waals surface area contributed by atoms with Crippen molar-refractivity contribution in [2.24, 2.45) is 0 Å². The van der Waals surface area contributed by atoms with Gasteiger partial charge in [-0.3, -0.25) is 4.79 Å². The molecule has 1 aromatic heterocycles. The lowest BCUT2D eigenvalue weighted by molar-refractivity contribution is -0.121. The molecule has 1 aromatic carbocycles. The Balaban J connectivity index is 2.26. The van der Waals surface area contributed by atoms with Gasteiger partial charge in [0.05, 0.1) is 13.1 Å². The van der Waals surface area contributed by atoms with E-state index in [-0.39, 0.29) is 19.0 Å². The summed E-state index contributed by atoms with van der Waals surface area (Å²) in [5.74, 6) is -0.364. The van der Waals surface area contributed by atoms with Gasteiger partial charge in [0, 0.05) is 12.5 Å². The summed E-state index contributed by atoms with van der Waals surface area (Å²) >= 11 is 0. The van der Waals surface area contributed by atoms with E-state index in [0.29, 0.717) is 6.54 Å². The van der Waals surface area contributed by atoms with Crippen molar-refractivity contribution in [1.82, 2.24) is 19.0 Å². The van der Waals surface area contributed by atoms with E-state index >= 15 is 0 Å². The minimum atomic E-state index is -0.842. The zero-order valence-electron chi connectivity index (χ0n) is 16.5. The molecule has 29 heavy (non-hydrogen) atoms. The van der Waals surface area contributed by atoms with E-state index in [0.717, 1.165) is 25.7 Å². The maximum Gasteiger partial charge on any atom is 0.337 e. The first-order chi connectivity index (χ1) is 13.9. The van der Waals surface area contributed by atoms with Gasteiger partial charge in [-0.15, -0.1) is 13.2 Å². The van der Waals surface area contributed by atoms with E-state index in [1.165, 1.54) is 12.2 Å². The number of nitrogens with one attached hydrogen (secondary N) is 1. The summed E-state index contributed by atoms with van der Waals surface area (Å²) in [6, 6.07) is 9.77. The number of benzene rings is 1. The van der Waals surface area contributed by atoms with Crippen molar-refractivity contribution in [2.75, 3.05) is 6.54 Å². The Bertz CT molecular complexity index is 999. The summed E-state index contributed by atoms with van der Waals surface area (Å²) in [6.45, 7) is 8.83. The van der Waals surface area contributed by atoms with Gasteiger partial charge in [0.25, 0.3) is 0 Å². The topological polar surface area (TPSA) is 95.1 Å². The summed E-state index contributed by atoms with van der Waals surface area (Å²) in [7, 11) is 0. The highest BCUT2D eigenvalue weighted by Crippen LogP contribution is 2.17. The standard InChI is InChI=1S/C21H26N4O4/c1-4-12-23-19(27)24(13-5-2)21(29)25(20(23)28)15-18(26)22-14-16(6-3)17-10-8-7-9-11-17/h4-5,7-11,16H,1-2,6,12-15H2,3H3,(H,22,26)/t16-/m1/s1. The van der Waals surface area contributed by atoms with E-state index < -0.39 is 29.5 Å². The molecule has 0 radical (unpaired) electrons. The van der Waals surface area contributed by atoms with Crippen molar-refractivity contribution in [3.05, 3.63) is 92.7 Å². The van der Waals surface area contributed by atoms with Crippen molar-refractivity contribution in [3.8, 4) is 0 Å². The SMILES string of the molecule is C=CCn1c(=O)n(CC=C)c(=O)n(CC(=O)NC[C@@H](CC)c2ccccc2)c1=O. The molecule has 0 aliphatic carbocycles. The van der Waals surface area contributed by atoms with Gasteiger partial charge in [0.1, 0.15) is 6.54 Å². The van der Waals surface area contributed by atoms with Crippen molar-refractivity contribution in [3.63, 3.8) is 0 Å². The Labute approximate surface area is 168 Å². The van der Waals surface area contributed by atoms with Crippen LogP contribution in [0.3, 0.4) is 0 Å². The first-order valence-electron chi connectivity index (χ1n) is 9.42. The van der Waals surface area contributed by atoms with Crippen molar-refractivity contribution in [2.45, 2.75) is 38.9 Å². The highest BCUT2D eigenvalue weighted by atomic mass is 16.2. The van der Waals surface area contributed by atoms with E-state index in [1.807, 2.05) is 37.3 Å². The quantitative estimate of drug-likeness (QED) is 0.601. The highest BCUT2D eigenvalue weighted by molar-refractivity contribution is 5.75. The Morgan fingerprint density at radius 2 is 1.48 bits per heavy atom. The molecule has 2 aromatic rings. The van der Waals surface area contributed by atoms with Crippen LogP contribution >= 0.6 is 0 Å². The predicted octanol–water partition coefficient (Wildman–Crippen LogP) is 0.854. The summed E-state index contributed by atoms with van der Waals surface area (Å²) in [5, 5.41) is 2.78. The number of carbonyl (C=O) groups excluding carboxylic acids is 1. The molecule has 1 atom stereocenters. The second-order valence-electron chi connectivity index (χ2n) is 6.55. The monoisotopic (exact) mass is 398 g/mol. The molecule has 1 heterocycles. The third-order valence-corrected chi connectivity index (χ3v) is 4.62. The van der Waals surface area contributed by atoms with Crippen LogP contribution in [0.25, 0.3) is 0 Å². The molecular formula is C21H26N4O4. The smallest absolute Gasteiger partial charge is 0.337 e. The minimum Gasteiger partial charge on any atom is -0.354 e. The van der Waals surface area contributed by atoms with Crippen LogP contribution < -0.4 is 22.4 Å². The molecule has 0 unspecified atom stereocenters. The lowest BCUT2D eigenvalue weighted by atomic mass is 9.96. The molecule has 0 spiro atoms. The van der Waals surface area contributed by atoms with Gasteiger partial charge in [-0.25, -0.2) is 28.1 Å². The zero-order valence-corrected chi connectivity index (χ0v) is 16.5. The zero-order chi connectivity index (χ0) is 21.4. The molecule has 8 heteroatoms. The van der Waals surface area contributed by atoms with Gasteiger partial charge in [-0.05, 0) is 12.0 Å². The summed E-state index contributed by atoms with van der Waals surface area (Å²) in [5.41, 5.74) is -1.34. The average Bonchev–Trinajstić information content (AvgIpc) is 2.73. The number of hydrogen-bond acceptors (Lipinski definition) is 4. The van der Waals surface area contributed by atoms with Gasteiger partial charge >= 0.3 is 17.1 Å². The molecule has 0 aliphatic heterocycles. The fourth-order valence-corrected chi connectivity index (χ4v) is 3.05. The Morgan fingerprint density at radius 1 is 0.966 bits per heavy atom. The average molecular weight is 398 g/mol.